The molecule has 0 N–H and O–H groups in total. The standard InChI is InChI=1S/C17H16ClNO/c1-13-11-17(9-8-15(13)6-4-10-18)20-12-16-7-3-5-14(2)19-16/h3,5,7-9,11H,10,12H2,1-2H3. The number of aryl methyl sites for hydroxylation is 2. The van der Waals surface area contributed by atoms with Crippen LogP contribution >= 0.6 is 11.6 Å². The maximum atomic E-state index is 5.75. The van der Waals surface area contributed by atoms with Gasteiger partial charge in [0.2, 0.25) is 0 Å². The highest BCUT2D eigenvalue weighted by molar-refractivity contribution is 6.19. The number of alkyl halides is 1. The van der Waals surface area contributed by atoms with E-state index in [1.165, 1.54) is 0 Å². The molecule has 3 heteroatoms. The van der Waals surface area contributed by atoms with E-state index in [0.717, 1.165) is 28.3 Å². The minimum absolute atomic E-state index is 0.344. The lowest BCUT2D eigenvalue weighted by atomic mass is 10.1. The van der Waals surface area contributed by atoms with Crippen LogP contribution in [-0.4, -0.2) is 10.9 Å². The van der Waals surface area contributed by atoms with Gasteiger partial charge in [0.1, 0.15) is 12.4 Å². The molecule has 2 rings (SSSR count). The molecule has 2 aromatic rings. The van der Waals surface area contributed by atoms with Crippen LogP contribution < -0.4 is 4.74 Å². The highest BCUT2D eigenvalue weighted by Gasteiger charge is 2.01. The molecule has 0 atom stereocenters. The topological polar surface area (TPSA) is 22.1 Å². The fourth-order valence-corrected chi connectivity index (χ4v) is 1.90. The molecule has 0 unspecified atom stereocenters. The summed E-state index contributed by atoms with van der Waals surface area (Å²) < 4.78 is 5.75. The number of benzene rings is 1. The number of ether oxygens (including phenoxy) is 1. The van der Waals surface area contributed by atoms with E-state index in [2.05, 4.69) is 16.8 Å². The molecule has 1 aromatic heterocycles. The Kier molecular flexibility index (Phi) is 5.03. The molecule has 1 aromatic carbocycles. The molecule has 0 fully saturated rings. The van der Waals surface area contributed by atoms with Gasteiger partial charge in [0, 0.05) is 11.3 Å². The van der Waals surface area contributed by atoms with Crippen LogP contribution in [0.5, 0.6) is 5.75 Å². The Morgan fingerprint density at radius 2 is 2.05 bits per heavy atom. The van der Waals surface area contributed by atoms with E-state index in [-0.39, 0.29) is 0 Å². The molecule has 0 radical (unpaired) electrons. The number of rotatable bonds is 3. The Balaban J connectivity index is 2.05. The lowest BCUT2D eigenvalue weighted by Gasteiger charge is -2.08. The summed E-state index contributed by atoms with van der Waals surface area (Å²) in [5.74, 6) is 7.04. The summed E-state index contributed by atoms with van der Waals surface area (Å²) in [6.45, 7) is 4.45. The van der Waals surface area contributed by atoms with Crippen molar-refractivity contribution in [3.05, 3.63) is 58.9 Å². The zero-order valence-corrected chi connectivity index (χ0v) is 12.4. The first-order valence-electron chi connectivity index (χ1n) is 6.40. The molecule has 0 saturated carbocycles. The minimum Gasteiger partial charge on any atom is -0.487 e. The van der Waals surface area contributed by atoms with Gasteiger partial charge in [0.05, 0.1) is 11.6 Å². The van der Waals surface area contributed by atoms with Crippen LogP contribution in [0.2, 0.25) is 0 Å². The number of hydrogen-bond donors (Lipinski definition) is 0. The van der Waals surface area contributed by atoms with Crippen LogP contribution in [0, 0.1) is 25.7 Å². The van der Waals surface area contributed by atoms with Crippen LogP contribution in [0.1, 0.15) is 22.5 Å². The van der Waals surface area contributed by atoms with Gasteiger partial charge in [-0.25, -0.2) is 0 Å². The summed E-state index contributed by atoms with van der Waals surface area (Å²) in [7, 11) is 0. The highest BCUT2D eigenvalue weighted by Crippen LogP contribution is 2.17. The van der Waals surface area contributed by atoms with E-state index in [0.29, 0.717) is 12.5 Å². The van der Waals surface area contributed by atoms with Crippen LogP contribution in [0.3, 0.4) is 0 Å². The van der Waals surface area contributed by atoms with Crippen molar-refractivity contribution in [3.8, 4) is 17.6 Å². The van der Waals surface area contributed by atoms with Gasteiger partial charge < -0.3 is 4.74 Å². The first-order chi connectivity index (χ1) is 9.69. The van der Waals surface area contributed by atoms with E-state index in [1.807, 2.05) is 50.2 Å². The highest BCUT2D eigenvalue weighted by atomic mass is 35.5. The van der Waals surface area contributed by atoms with Gasteiger partial charge in [-0.05, 0) is 49.7 Å². The van der Waals surface area contributed by atoms with Crippen LogP contribution in [0.25, 0.3) is 0 Å². The zero-order chi connectivity index (χ0) is 14.4. The molecule has 0 bridgehead atoms. The van der Waals surface area contributed by atoms with E-state index in [1.54, 1.807) is 0 Å². The van der Waals surface area contributed by atoms with Gasteiger partial charge in [-0.15, -0.1) is 11.6 Å². The zero-order valence-electron chi connectivity index (χ0n) is 11.6. The number of pyridine rings is 1. The first kappa shape index (κ1) is 14.4. The molecule has 0 spiro atoms. The Bertz CT molecular complexity index is 656. The van der Waals surface area contributed by atoms with Crippen molar-refractivity contribution in [2.24, 2.45) is 0 Å². The average molecular weight is 286 g/mol. The third kappa shape index (κ3) is 4.01. The molecule has 0 saturated heterocycles. The fraction of sp³-hybridized carbons (Fsp3) is 0.235. The second-order valence-corrected chi connectivity index (χ2v) is 4.74. The third-order valence-corrected chi connectivity index (χ3v) is 2.95. The Labute approximate surface area is 124 Å². The predicted molar refractivity (Wildman–Crippen MR) is 82.1 cm³/mol. The maximum absolute atomic E-state index is 5.75. The summed E-state index contributed by atoms with van der Waals surface area (Å²) in [5.41, 5.74) is 3.98. The van der Waals surface area contributed by atoms with Gasteiger partial charge in [-0.2, -0.15) is 0 Å². The lowest BCUT2D eigenvalue weighted by Crippen LogP contribution is -1.99. The average Bonchev–Trinajstić information content (AvgIpc) is 2.44. The normalized spacial score (nSPS) is 9.75. The monoisotopic (exact) mass is 285 g/mol. The fourth-order valence-electron chi connectivity index (χ4n) is 1.83. The van der Waals surface area contributed by atoms with Crippen LogP contribution in [0.4, 0.5) is 0 Å². The van der Waals surface area contributed by atoms with Crippen molar-refractivity contribution >= 4 is 11.6 Å². The molecule has 0 aliphatic rings. The van der Waals surface area contributed by atoms with Crippen molar-refractivity contribution in [2.45, 2.75) is 20.5 Å². The molecular weight excluding hydrogens is 270 g/mol. The first-order valence-corrected chi connectivity index (χ1v) is 6.93. The molecule has 0 amide bonds. The van der Waals surface area contributed by atoms with Gasteiger partial charge in [-0.1, -0.05) is 17.9 Å². The predicted octanol–water partition coefficient (Wildman–Crippen LogP) is 3.87. The third-order valence-electron chi connectivity index (χ3n) is 2.82. The SMILES string of the molecule is Cc1cccc(COc2ccc(C#CCCl)c(C)c2)n1. The van der Waals surface area contributed by atoms with E-state index in [4.69, 9.17) is 16.3 Å². The smallest absolute Gasteiger partial charge is 0.130 e. The van der Waals surface area contributed by atoms with Gasteiger partial charge in [0.25, 0.3) is 0 Å². The maximum Gasteiger partial charge on any atom is 0.130 e. The quantitative estimate of drug-likeness (QED) is 0.631. The summed E-state index contributed by atoms with van der Waals surface area (Å²) >= 11 is 5.56. The molecule has 2 nitrogen and oxygen atoms in total. The number of aromatic nitrogens is 1. The van der Waals surface area contributed by atoms with Crippen molar-refractivity contribution in [2.75, 3.05) is 5.88 Å². The van der Waals surface area contributed by atoms with Crippen molar-refractivity contribution in [1.82, 2.24) is 4.98 Å². The summed E-state index contributed by atoms with van der Waals surface area (Å²) in [4.78, 5) is 4.41. The van der Waals surface area contributed by atoms with Crippen molar-refractivity contribution in [3.63, 3.8) is 0 Å². The van der Waals surface area contributed by atoms with Crippen LogP contribution in [0.15, 0.2) is 36.4 Å². The van der Waals surface area contributed by atoms with E-state index in [9.17, 15) is 0 Å². The van der Waals surface area contributed by atoms with Crippen molar-refractivity contribution < 1.29 is 4.74 Å². The molecule has 20 heavy (non-hydrogen) atoms. The van der Waals surface area contributed by atoms with E-state index < -0.39 is 0 Å². The summed E-state index contributed by atoms with van der Waals surface area (Å²) in [6, 6.07) is 11.8. The summed E-state index contributed by atoms with van der Waals surface area (Å²) in [6.07, 6.45) is 0. The molecule has 0 aliphatic heterocycles. The van der Waals surface area contributed by atoms with Gasteiger partial charge >= 0.3 is 0 Å². The Morgan fingerprint density at radius 1 is 1.20 bits per heavy atom. The van der Waals surface area contributed by atoms with E-state index >= 15 is 0 Å². The Morgan fingerprint density at radius 3 is 2.75 bits per heavy atom. The molecule has 102 valence electrons. The van der Waals surface area contributed by atoms with Crippen molar-refractivity contribution in [1.29, 1.82) is 0 Å². The van der Waals surface area contributed by atoms with Gasteiger partial charge in [-0.3, -0.25) is 4.98 Å². The second kappa shape index (κ2) is 6.98. The summed E-state index contributed by atoms with van der Waals surface area (Å²) in [5, 5.41) is 0. The minimum atomic E-state index is 0.344. The number of halogens is 1. The molecular formula is C17H16ClNO. The largest absolute Gasteiger partial charge is 0.487 e. The Hall–Kier alpha value is -1.98. The molecule has 1 heterocycles. The van der Waals surface area contributed by atoms with Gasteiger partial charge in [0.15, 0.2) is 0 Å². The molecule has 0 aliphatic carbocycles. The second-order valence-electron chi connectivity index (χ2n) is 4.47. The van der Waals surface area contributed by atoms with Crippen LogP contribution in [-0.2, 0) is 6.61 Å². The lowest BCUT2D eigenvalue weighted by molar-refractivity contribution is 0.301. The number of hydrogen-bond acceptors (Lipinski definition) is 2. The number of nitrogens with zero attached hydrogens (tertiary/aromatic N) is 1.